The number of hydrogen-bond acceptors (Lipinski definition) is 5. The number of nitrogens with zero attached hydrogens (tertiary/aromatic N) is 4. The number of anilines is 1. The van der Waals surface area contributed by atoms with Gasteiger partial charge in [-0.25, -0.2) is 9.97 Å². The van der Waals surface area contributed by atoms with Crippen molar-refractivity contribution in [2.75, 3.05) is 18.1 Å². The van der Waals surface area contributed by atoms with E-state index in [9.17, 15) is 5.11 Å². The van der Waals surface area contributed by atoms with Crippen molar-refractivity contribution in [3.05, 3.63) is 24.5 Å². The summed E-state index contributed by atoms with van der Waals surface area (Å²) in [5, 5.41) is 9.25. The minimum Gasteiger partial charge on any atom is -0.395 e. The largest absolute Gasteiger partial charge is 0.395 e. The van der Waals surface area contributed by atoms with E-state index in [1.165, 1.54) is 0 Å². The normalized spacial score (nSPS) is 11.2. The van der Waals surface area contributed by atoms with Crippen LogP contribution in [0.3, 0.4) is 0 Å². The van der Waals surface area contributed by atoms with Gasteiger partial charge in [0.05, 0.1) is 6.61 Å². The lowest BCUT2D eigenvalue weighted by Crippen LogP contribution is -2.37. The molecular weight excluding hydrogens is 240 g/mol. The number of aliphatic hydroxyl groups is 1. The summed E-state index contributed by atoms with van der Waals surface area (Å²) in [7, 11) is 0. The molecule has 0 aromatic carbocycles. The molecule has 0 bridgehead atoms. The summed E-state index contributed by atoms with van der Waals surface area (Å²) in [6.45, 7) is 5.01. The van der Waals surface area contributed by atoms with Crippen LogP contribution in [0.4, 0.5) is 5.82 Å². The van der Waals surface area contributed by atoms with Crippen LogP contribution in [0, 0.1) is 0 Å². The first-order chi connectivity index (χ1) is 9.30. The van der Waals surface area contributed by atoms with E-state index in [4.69, 9.17) is 0 Å². The van der Waals surface area contributed by atoms with E-state index < -0.39 is 0 Å². The van der Waals surface area contributed by atoms with E-state index in [2.05, 4.69) is 33.7 Å². The fourth-order valence-electron chi connectivity index (χ4n) is 2.33. The van der Waals surface area contributed by atoms with Gasteiger partial charge in [0, 0.05) is 25.0 Å². The van der Waals surface area contributed by atoms with Crippen molar-refractivity contribution in [3.8, 4) is 0 Å². The van der Waals surface area contributed by atoms with Crippen molar-refractivity contribution in [3.63, 3.8) is 0 Å². The van der Waals surface area contributed by atoms with Crippen LogP contribution in [0.1, 0.15) is 26.7 Å². The zero-order valence-electron chi connectivity index (χ0n) is 11.5. The molecule has 5 nitrogen and oxygen atoms in total. The monoisotopic (exact) mass is 260 g/mol. The van der Waals surface area contributed by atoms with Crippen molar-refractivity contribution < 1.29 is 5.11 Å². The lowest BCUT2D eigenvalue weighted by Gasteiger charge is -2.31. The van der Waals surface area contributed by atoms with Gasteiger partial charge in [0.1, 0.15) is 11.3 Å². The summed E-state index contributed by atoms with van der Waals surface area (Å²) in [6, 6.07) is 4.26. The molecule has 0 spiro atoms. The van der Waals surface area contributed by atoms with Gasteiger partial charge >= 0.3 is 0 Å². The SMILES string of the molecule is CCC(CC)N(CCO)c1ccc2nccnc2n1. The molecule has 102 valence electrons. The summed E-state index contributed by atoms with van der Waals surface area (Å²) in [6.07, 6.45) is 5.36. The Labute approximate surface area is 113 Å². The van der Waals surface area contributed by atoms with Crippen LogP contribution < -0.4 is 4.90 Å². The van der Waals surface area contributed by atoms with Gasteiger partial charge in [0.25, 0.3) is 0 Å². The lowest BCUT2D eigenvalue weighted by molar-refractivity contribution is 0.295. The molecule has 0 saturated carbocycles. The molecule has 2 rings (SSSR count). The molecule has 2 aromatic heterocycles. The second kappa shape index (κ2) is 6.43. The molecular formula is C14H20N4O. The number of rotatable bonds is 6. The third-order valence-corrected chi connectivity index (χ3v) is 3.34. The quantitative estimate of drug-likeness (QED) is 0.861. The second-order valence-corrected chi connectivity index (χ2v) is 4.46. The average molecular weight is 260 g/mol. The number of fused-ring (bicyclic) bond motifs is 1. The third-order valence-electron chi connectivity index (χ3n) is 3.34. The van der Waals surface area contributed by atoms with Crippen molar-refractivity contribution >= 4 is 17.0 Å². The highest BCUT2D eigenvalue weighted by molar-refractivity contribution is 5.71. The van der Waals surface area contributed by atoms with E-state index >= 15 is 0 Å². The molecule has 0 saturated heterocycles. The Kier molecular flexibility index (Phi) is 4.63. The maximum absolute atomic E-state index is 9.25. The Bertz CT molecular complexity index is 528. The fraction of sp³-hybridized carbons (Fsp3) is 0.500. The number of hydrogen-bond donors (Lipinski definition) is 1. The molecule has 0 fully saturated rings. The summed E-state index contributed by atoms with van der Waals surface area (Å²) in [5.41, 5.74) is 1.44. The van der Waals surface area contributed by atoms with Crippen LogP contribution in [0.15, 0.2) is 24.5 Å². The van der Waals surface area contributed by atoms with Gasteiger partial charge in [-0.2, -0.15) is 0 Å². The second-order valence-electron chi connectivity index (χ2n) is 4.46. The zero-order valence-corrected chi connectivity index (χ0v) is 11.5. The molecule has 0 aliphatic rings. The molecule has 0 aliphatic heterocycles. The molecule has 5 heteroatoms. The Morgan fingerprint density at radius 3 is 2.58 bits per heavy atom. The lowest BCUT2D eigenvalue weighted by atomic mass is 10.1. The summed E-state index contributed by atoms with van der Waals surface area (Å²) >= 11 is 0. The van der Waals surface area contributed by atoms with E-state index in [1.807, 2.05) is 12.1 Å². The zero-order chi connectivity index (χ0) is 13.7. The van der Waals surface area contributed by atoms with E-state index in [1.54, 1.807) is 12.4 Å². The van der Waals surface area contributed by atoms with Crippen molar-refractivity contribution in [2.45, 2.75) is 32.7 Å². The number of pyridine rings is 1. The molecule has 2 heterocycles. The number of aromatic nitrogens is 3. The Morgan fingerprint density at radius 1 is 1.16 bits per heavy atom. The number of aliphatic hydroxyl groups excluding tert-OH is 1. The Balaban J connectivity index is 2.37. The van der Waals surface area contributed by atoms with Gasteiger partial charge in [-0.1, -0.05) is 13.8 Å². The minimum absolute atomic E-state index is 0.122. The molecule has 0 aliphatic carbocycles. The third kappa shape index (κ3) is 2.98. The van der Waals surface area contributed by atoms with Gasteiger partial charge in [-0.05, 0) is 25.0 Å². The predicted molar refractivity (Wildman–Crippen MR) is 76.1 cm³/mol. The van der Waals surface area contributed by atoms with Crippen LogP contribution in [0.25, 0.3) is 11.2 Å². The smallest absolute Gasteiger partial charge is 0.180 e. The molecule has 2 aromatic rings. The first-order valence-electron chi connectivity index (χ1n) is 6.75. The first kappa shape index (κ1) is 13.7. The molecule has 19 heavy (non-hydrogen) atoms. The summed E-state index contributed by atoms with van der Waals surface area (Å²) in [4.78, 5) is 15.2. The fourth-order valence-corrected chi connectivity index (χ4v) is 2.33. The first-order valence-corrected chi connectivity index (χ1v) is 6.75. The van der Waals surface area contributed by atoms with E-state index in [0.29, 0.717) is 18.2 Å². The van der Waals surface area contributed by atoms with Crippen molar-refractivity contribution in [1.29, 1.82) is 0 Å². The van der Waals surface area contributed by atoms with E-state index in [0.717, 1.165) is 24.2 Å². The van der Waals surface area contributed by atoms with Gasteiger partial charge in [-0.3, -0.25) is 4.98 Å². The van der Waals surface area contributed by atoms with Crippen LogP contribution in [-0.4, -0.2) is 39.3 Å². The van der Waals surface area contributed by atoms with Crippen LogP contribution in [0.5, 0.6) is 0 Å². The highest BCUT2D eigenvalue weighted by Crippen LogP contribution is 2.20. The van der Waals surface area contributed by atoms with Crippen LogP contribution in [0.2, 0.25) is 0 Å². The molecule has 0 unspecified atom stereocenters. The molecule has 0 atom stereocenters. The van der Waals surface area contributed by atoms with Crippen LogP contribution >= 0.6 is 0 Å². The predicted octanol–water partition coefficient (Wildman–Crippen LogP) is 2.01. The highest BCUT2D eigenvalue weighted by atomic mass is 16.3. The molecule has 0 amide bonds. The molecule has 0 radical (unpaired) electrons. The average Bonchev–Trinajstić information content (AvgIpc) is 2.47. The molecule has 1 N–H and O–H groups in total. The highest BCUT2D eigenvalue weighted by Gasteiger charge is 2.16. The Morgan fingerprint density at radius 2 is 1.89 bits per heavy atom. The van der Waals surface area contributed by atoms with Gasteiger partial charge in [0.15, 0.2) is 5.65 Å². The minimum atomic E-state index is 0.122. The Hall–Kier alpha value is -1.75. The topological polar surface area (TPSA) is 62.1 Å². The maximum atomic E-state index is 9.25. The van der Waals surface area contributed by atoms with Gasteiger partial charge < -0.3 is 10.0 Å². The maximum Gasteiger partial charge on any atom is 0.180 e. The standard InChI is InChI=1S/C14H20N4O/c1-3-11(4-2)18(9-10-19)13-6-5-12-14(17-13)16-8-7-15-12/h5-8,11,19H,3-4,9-10H2,1-2H3. The van der Waals surface area contributed by atoms with Crippen molar-refractivity contribution in [1.82, 2.24) is 15.0 Å². The van der Waals surface area contributed by atoms with Gasteiger partial charge in [0.2, 0.25) is 0 Å². The van der Waals surface area contributed by atoms with E-state index in [-0.39, 0.29) is 6.61 Å². The van der Waals surface area contributed by atoms with Gasteiger partial charge in [-0.15, -0.1) is 0 Å². The summed E-state index contributed by atoms with van der Waals surface area (Å²) in [5.74, 6) is 0.857. The van der Waals surface area contributed by atoms with Crippen LogP contribution in [-0.2, 0) is 0 Å². The van der Waals surface area contributed by atoms with Crippen molar-refractivity contribution in [2.24, 2.45) is 0 Å². The summed E-state index contributed by atoms with van der Waals surface area (Å²) < 4.78 is 0.